The van der Waals surface area contributed by atoms with Gasteiger partial charge in [0.15, 0.2) is 0 Å². The number of hydrogen-bond acceptors (Lipinski definition) is 9. The number of nitro benzene ring substituents is 2. The molecule has 1 N–H and O–H groups in total. The van der Waals surface area contributed by atoms with E-state index in [1.54, 1.807) is 18.2 Å². The highest BCUT2D eigenvalue weighted by Gasteiger charge is 2.12. The van der Waals surface area contributed by atoms with Crippen LogP contribution in [0.5, 0.6) is 5.75 Å². The van der Waals surface area contributed by atoms with Crippen molar-refractivity contribution in [3.8, 4) is 5.75 Å². The van der Waals surface area contributed by atoms with Crippen LogP contribution in [0.3, 0.4) is 0 Å². The Bertz CT molecular complexity index is 814. The number of para-hydroxylation sites is 1. The van der Waals surface area contributed by atoms with Gasteiger partial charge in [0.25, 0.3) is 11.4 Å². The largest absolute Gasteiger partial charge is 0.513 e. The molecule has 2 aromatic rings. The van der Waals surface area contributed by atoms with E-state index >= 15 is 0 Å². The molecule has 0 bridgehead atoms. The summed E-state index contributed by atoms with van der Waals surface area (Å²) >= 11 is 1.26. The molecule has 0 atom stereocenters. The van der Waals surface area contributed by atoms with Gasteiger partial charge in [-0.05, 0) is 18.2 Å². The smallest absolute Gasteiger partial charge is 0.433 e. The highest BCUT2D eigenvalue weighted by molar-refractivity contribution is 7.99. The standard InChI is InChI=1S/C16H15N3O7S/c20-16(26-13-7-5-12(6-8-13)18(21)22)25-10-9-17-11-27-15-4-2-1-3-14(15)19(23)24/h1-8,17H,9-11H2. The summed E-state index contributed by atoms with van der Waals surface area (Å²) in [6.45, 7) is 0.353. The van der Waals surface area contributed by atoms with Crippen molar-refractivity contribution in [2.75, 3.05) is 19.0 Å². The van der Waals surface area contributed by atoms with E-state index in [1.807, 2.05) is 0 Å². The van der Waals surface area contributed by atoms with E-state index in [9.17, 15) is 25.0 Å². The van der Waals surface area contributed by atoms with E-state index in [2.05, 4.69) is 5.32 Å². The summed E-state index contributed by atoms with van der Waals surface area (Å²) < 4.78 is 9.74. The number of nitrogens with one attached hydrogen (secondary N) is 1. The molecule has 11 heteroatoms. The first kappa shape index (κ1) is 20.1. The van der Waals surface area contributed by atoms with Gasteiger partial charge in [-0.3, -0.25) is 20.2 Å². The van der Waals surface area contributed by atoms with Gasteiger partial charge in [0.1, 0.15) is 12.4 Å². The molecule has 10 nitrogen and oxygen atoms in total. The van der Waals surface area contributed by atoms with Crippen molar-refractivity contribution >= 4 is 29.3 Å². The van der Waals surface area contributed by atoms with Crippen molar-refractivity contribution in [3.63, 3.8) is 0 Å². The van der Waals surface area contributed by atoms with E-state index in [0.29, 0.717) is 17.3 Å². The Morgan fingerprint density at radius 3 is 2.41 bits per heavy atom. The highest BCUT2D eigenvalue weighted by Crippen LogP contribution is 2.27. The van der Waals surface area contributed by atoms with Crippen LogP contribution in [0.1, 0.15) is 0 Å². The Hall–Kier alpha value is -3.18. The van der Waals surface area contributed by atoms with Gasteiger partial charge < -0.3 is 14.8 Å². The predicted molar refractivity (Wildman–Crippen MR) is 96.9 cm³/mol. The number of nitrogens with zero attached hydrogens (tertiary/aromatic N) is 2. The fourth-order valence-corrected chi connectivity index (χ4v) is 2.77. The summed E-state index contributed by atoms with van der Waals surface area (Å²) in [7, 11) is 0. The average Bonchev–Trinajstić information content (AvgIpc) is 2.65. The van der Waals surface area contributed by atoms with E-state index < -0.39 is 16.0 Å². The average molecular weight is 393 g/mol. The summed E-state index contributed by atoms with van der Waals surface area (Å²) in [4.78, 5) is 32.5. The summed E-state index contributed by atoms with van der Waals surface area (Å²) in [5, 5.41) is 24.4. The van der Waals surface area contributed by atoms with E-state index in [0.717, 1.165) is 0 Å². The molecular weight excluding hydrogens is 378 g/mol. The molecule has 0 fully saturated rings. The molecule has 142 valence electrons. The van der Waals surface area contributed by atoms with Crippen LogP contribution in [-0.4, -0.2) is 35.0 Å². The van der Waals surface area contributed by atoms with Gasteiger partial charge in [-0.25, -0.2) is 4.79 Å². The first-order valence-electron chi connectivity index (χ1n) is 7.63. The van der Waals surface area contributed by atoms with Crippen LogP contribution in [0, 0.1) is 20.2 Å². The quantitative estimate of drug-likeness (QED) is 0.129. The zero-order valence-electron chi connectivity index (χ0n) is 13.9. The molecule has 2 aromatic carbocycles. The fraction of sp³-hybridized carbons (Fsp3) is 0.188. The minimum atomic E-state index is -0.933. The lowest BCUT2D eigenvalue weighted by molar-refractivity contribution is -0.387. The normalized spacial score (nSPS) is 10.2. The number of nitro groups is 2. The molecule has 0 heterocycles. The molecular formula is C16H15N3O7S. The van der Waals surface area contributed by atoms with Crippen LogP contribution in [0.25, 0.3) is 0 Å². The van der Waals surface area contributed by atoms with Crippen molar-refractivity contribution in [2.45, 2.75) is 4.90 Å². The van der Waals surface area contributed by atoms with Crippen molar-refractivity contribution in [3.05, 3.63) is 68.8 Å². The molecule has 0 amide bonds. The number of rotatable bonds is 9. The molecule has 0 unspecified atom stereocenters. The SMILES string of the molecule is O=C(OCCNCSc1ccccc1[N+](=O)[O-])Oc1ccc([N+](=O)[O-])cc1. The molecule has 0 saturated carbocycles. The molecule has 0 spiro atoms. The van der Waals surface area contributed by atoms with Crippen LogP contribution in [0.2, 0.25) is 0 Å². The number of thioether (sulfide) groups is 1. The summed E-state index contributed by atoms with van der Waals surface area (Å²) in [5.41, 5.74) is -0.0803. The molecule has 0 saturated heterocycles. The third-order valence-electron chi connectivity index (χ3n) is 3.14. The lowest BCUT2D eigenvalue weighted by Gasteiger charge is -2.07. The van der Waals surface area contributed by atoms with E-state index in [4.69, 9.17) is 9.47 Å². The third kappa shape index (κ3) is 6.56. The summed E-state index contributed by atoms with van der Waals surface area (Å²) in [6, 6.07) is 11.4. The third-order valence-corrected chi connectivity index (χ3v) is 4.14. The molecule has 0 aliphatic carbocycles. The number of carbonyl (C=O) groups is 1. The minimum absolute atomic E-state index is 0.0310. The maximum absolute atomic E-state index is 11.5. The summed E-state index contributed by atoms with van der Waals surface area (Å²) in [5.74, 6) is 0.525. The van der Waals surface area contributed by atoms with Gasteiger partial charge in [0, 0.05) is 30.6 Å². The Balaban J connectivity index is 1.64. The van der Waals surface area contributed by atoms with Crippen LogP contribution >= 0.6 is 11.8 Å². The van der Waals surface area contributed by atoms with Crippen LogP contribution in [0.4, 0.5) is 16.2 Å². The number of ether oxygens (including phenoxy) is 2. The van der Waals surface area contributed by atoms with Crippen molar-refractivity contribution < 1.29 is 24.1 Å². The first-order chi connectivity index (χ1) is 13.0. The number of carbonyl (C=O) groups excluding carboxylic acids is 1. The molecule has 2 rings (SSSR count). The molecule has 27 heavy (non-hydrogen) atoms. The predicted octanol–water partition coefficient (Wildman–Crippen LogP) is 3.36. The van der Waals surface area contributed by atoms with Gasteiger partial charge in [0.2, 0.25) is 0 Å². The lowest BCUT2D eigenvalue weighted by Crippen LogP contribution is -2.22. The second kappa shape index (κ2) is 10.1. The van der Waals surface area contributed by atoms with Gasteiger partial charge in [0.05, 0.1) is 14.7 Å². The zero-order valence-corrected chi connectivity index (χ0v) is 14.7. The Kier molecular flexibility index (Phi) is 7.52. The molecule has 0 aliphatic rings. The van der Waals surface area contributed by atoms with E-state index in [-0.39, 0.29) is 23.7 Å². The number of hydrogen-bond donors (Lipinski definition) is 1. The Labute approximate surface area is 157 Å². The summed E-state index contributed by atoms with van der Waals surface area (Å²) in [6.07, 6.45) is -0.933. The minimum Gasteiger partial charge on any atom is -0.433 e. The first-order valence-corrected chi connectivity index (χ1v) is 8.62. The van der Waals surface area contributed by atoms with Crippen molar-refractivity contribution in [1.29, 1.82) is 0 Å². The van der Waals surface area contributed by atoms with Gasteiger partial charge >= 0.3 is 6.16 Å². The van der Waals surface area contributed by atoms with Gasteiger partial charge in [-0.1, -0.05) is 12.1 Å². The Morgan fingerprint density at radius 1 is 1.04 bits per heavy atom. The van der Waals surface area contributed by atoms with Gasteiger partial charge in [-0.15, -0.1) is 11.8 Å². The maximum Gasteiger partial charge on any atom is 0.513 e. The molecule has 0 aromatic heterocycles. The number of non-ortho nitro benzene ring substituents is 1. The molecule has 0 radical (unpaired) electrons. The van der Waals surface area contributed by atoms with Crippen LogP contribution < -0.4 is 10.1 Å². The van der Waals surface area contributed by atoms with Crippen LogP contribution in [-0.2, 0) is 4.74 Å². The monoisotopic (exact) mass is 393 g/mol. The maximum atomic E-state index is 11.5. The van der Waals surface area contributed by atoms with Gasteiger partial charge in [-0.2, -0.15) is 0 Å². The zero-order chi connectivity index (χ0) is 19.6. The Morgan fingerprint density at radius 2 is 1.74 bits per heavy atom. The topological polar surface area (TPSA) is 134 Å². The molecule has 0 aliphatic heterocycles. The fourth-order valence-electron chi connectivity index (χ4n) is 1.90. The van der Waals surface area contributed by atoms with Crippen molar-refractivity contribution in [1.82, 2.24) is 5.32 Å². The number of benzene rings is 2. The van der Waals surface area contributed by atoms with E-state index in [1.165, 1.54) is 42.1 Å². The van der Waals surface area contributed by atoms with Crippen LogP contribution in [0.15, 0.2) is 53.4 Å². The van der Waals surface area contributed by atoms with Crippen molar-refractivity contribution in [2.24, 2.45) is 0 Å². The lowest BCUT2D eigenvalue weighted by atomic mass is 10.3. The second-order valence-electron chi connectivity index (χ2n) is 4.97. The highest BCUT2D eigenvalue weighted by atomic mass is 32.2. The second-order valence-corrected chi connectivity index (χ2v) is 5.98.